The molecule has 0 unspecified atom stereocenters. The molecule has 4 rings (SSSR count). The molecule has 0 amide bonds. The van der Waals surface area contributed by atoms with Crippen LogP contribution in [0.3, 0.4) is 0 Å². The zero-order valence-electron chi connectivity index (χ0n) is 13.8. The lowest BCUT2D eigenvalue weighted by Crippen LogP contribution is -2.44. The van der Waals surface area contributed by atoms with E-state index >= 15 is 0 Å². The zero-order valence-corrected chi connectivity index (χ0v) is 16.2. The average Bonchev–Trinajstić information content (AvgIpc) is 3.29. The van der Waals surface area contributed by atoms with Crippen LogP contribution in [0.5, 0.6) is 0 Å². The van der Waals surface area contributed by atoms with Crippen LogP contribution in [0.1, 0.15) is 22.2 Å². The number of fused-ring (bicyclic) bond motifs is 1. The molecular formula is C19H18ClN3S2. The van der Waals surface area contributed by atoms with Crippen LogP contribution in [0.2, 0.25) is 5.02 Å². The summed E-state index contributed by atoms with van der Waals surface area (Å²) >= 11 is 13.8. The Morgan fingerprint density at radius 3 is 2.88 bits per heavy atom. The topological polar surface area (TPSA) is 20.2 Å². The molecule has 0 bridgehead atoms. The number of aromatic nitrogens is 1. The summed E-state index contributed by atoms with van der Waals surface area (Å²) in [6.45, 7) is 3.81. The number of rotatable bonds is 2. The van der Waals surface area contributed by atoms with Gasteiger partial charge in [-0.1, -0.05) is 23.7 Å². The molecule has 3 nitrogen and oxygen atoms in total. The fraction of sp³-hybridized carbons (Fsp3) is 0.211. The molecule has 0 fully saturated rings. The standard InChI is InChI=1S/C19H18ClN3S2/c1-13-14(20)5-2-6-15(13)21-19(24)23-11-10-22-9-3-7-16(22)18(23)17-8-4-12-25-17/h2-9,12,18H,10-11H2,1H3,(H,21,24)/t18-/m1/s1. The van der Waals surface area contributed by atoms with Crippen LogP contribution in [-0.2, 0) is 6.54 Å². The van der Waals surface area contributed by atoms with E-state index in [0.717, 1.165) is 34.5 Å². The summed E-state index contributed by atoms with van der Waals surface area (Å²) in [7, 11) is 0. The van der Waals surface area contributed by atoms with Gasteiger partial charge in [0.25, 0.3) is 0 Å². The van der Waals surface area contributed by atoms with Gasteiger partial charge in [-0.25, -0.2) is 0 Å². The second kappa shape index (κ2) is 6.83. The molecule has 3 aromatic rings. The minimum atomic E-state index is 0.142. The van der Waals surface area contributed by atoms with Crippen LogP contribution in [0, 0.1) is 6.92 Å². The van der Waals surface area contributed by atoms with Crippen LogP contribution >= 0.6 is 35.2 Å². The maximum atomic E-state index is 6.25. The van der Waals surface area contributed by atoms with Crippen LogP contribution in [0.4, 0.5) is 5.69 Å². The summed E-state index contributed by atoms with van der Waals surface area (Å²) < 4.78 is 2.31. The van der Waals surface area contributed by atoms with E-state index in [9.17, 15) is 0 Å². The molecule has 1 N–H and O–H groups in total. The van der Waals surface area contributed by atoms with Gasteiger partial charge < -0.3 is 14.8 Å². The summed E-state index contributed by atoms with van der Waals surface area (Å²) in [6, 6.07) is 14.6. The van der Waals surface area contributed by atoms with Crippen molar-refractivity contribution in [1.29, 1.82) is 0 Å². The van der Waals surface area contributed by atoms with Gasteiger partial charge in [0.05, 0.1) is 0 Å². The van der Waals surface area contributed by atoms with E-state index in [4.69, 9.17) is 23.8 Å². The lowest BCUT2D eigenvalue weighted by Gasteiger charge is -2.38. The van der Waals surface area contributed by atoms with Gasteiger partial charge in [0, 0.05) is 40.6 Å². The van der Waals surface area contributed by atoms with Crippen molar-refractivity contribution in [2.45, 2.75) is 19.5 Å². The Morgan fingerprint density at radius 2 is 2.08 bits per heavy atom. The van der Waals surface area contributed by atoms with Gasteiger partial charge in [-0.3, -0.25) is 0 Å². The number of nitrogens with one attached hydrogen (secondary N) is 1. The smallest absolute Gasteiger partial charge is 0.174 e. The number of anilines is 1. The van der Waals surface area contributed by atoms with Crippen molar-refractivity contribution in [1.82, 2.24) is 9.47 Å². The Labute approximate surface area is 161 Å². The maximum absolute atomic E-state index is 6.25. The predicted octanol–water partition coefficient (Wildman–Crippen LogP) is 5.31. The van der Waals surface area contributed by atoms with Crippen molar-refractivity contribution >= 4 is 46.0 Å². The molecule has 1 aliphatic heterocycles. The van der Waals surface area contributed by atoms with Gasteiger partial charge >= 0.3 is 0 Å². The second-order valence-electron chi connectivity index (χ2n) is 6.08. The first-order valence-electron chi connectivity index (χ1n) is 8.16. The number of hydrogen-bond acceptors (Lipinski definition) is 2. The first-order chi connectivity index (χ1) is 12.1. The normalized spacial score (nSPS) is 16.6. The number of halogens is 1. The SMILES string of the molecule is Cc1c(Cl)cccc1NC(=S)N1CCn2cccc2[C@@H]1c1cccs1. The number of thiocarbonyl (C=S) groups is 1. The van der Waals surface area contributed by atoms with Crippen LogP contribution in [0.25, 0.3) is 0 Å². The monoisotopic (exact) mass is 387 g/mol. The molecule has 0 spiro atoms. The number of nitrogens with zero attached hydrogens (tertiary/aromatic N) is 2. The largest absolute Gasteiger partial charge is 0.347 e. The first kappa shape index (κ1) is 16.6. The number of benzene rings is 1. The third kappa shape index (κ3) is 3.08. The Kier molecular flexibility index (Phi) is 4.54. The molecule has 25 heavy (non-hydrogen) atoms. The molecule has 0 aliphatic carbocycles. The van der Waals surface area contributed by atoms with Gasteiger partial charge in [-0.05, 0) is 60.4 Å². The molecule has 6 heteroatoms. The lowest BCUT2D eigenvalue weighted by molar-refractivity contribution is 0.297. The highest BCUT2D eigenvalue weighted by Crippen LogP contribution is 2.35. The summed E-state index contributed by atoms with van der Waals surface area (Å²) in [4.78, 5) is 3.57. The number of thiophene rings is 1. The van der Waals surface area contributed by atoms with Gasteiger partial charge in [-0.15, -0.1) is 11.3 Å². The molecular weight excluding hydrogens is 370 g/mol. The fourth-order valence-corrected chi connectivity index (χ4v) is 4.61. The fourth-order valence-electron chi connectivity index (χ4n) is 3.28. The molecule has 0 saturated carbocycles. The van der Waals surface area contributed by atoms with E-state index < -0.39 is 0 Å². The minimum absolute atomic E-state index is 0.142. The zero-order chi connectivity index (χ0) is 17.4. The van der Waals surface area contributed by atoms with Gasteiger partial charge in [0.15, 0.2) is 5.11 Å². The summed E-state index contributed by atoms with van der Waals surface area (Å²) in [6.07, 6.45) is 2.14. The van der Waals surface area contributed by atoms with Gasteiger partial charge in [0.1, 0.15) is 6.04 Å². The molecule has 0 saturated heterocycles. The van der Waals surface area contributed by atoms with Crippen LogP contribution in [0.15, 0.2) is 54.0 Å². The molecule has 1 atom stereocenters. The summed E-state index contributed by atoms with van der Waals surface area (Å²) in [5.41, 5.74) is 3.25. The van der Waals surface area contributed by atoms with E-state index in [1.54, 1.807) is 11.3 Å². The average molecular weight is 388 g/mol. The number of hydrogen-bond donors (Lipinski definition) is 1. The summed E-state index contributed by atoms with van der Waals surface area (Å²) in [5, 5.41) is 7.00. The lowest BCUT2D eigenvalue weighted by atomic mass is 10.1. The maximum Gasteiger partial charge on any atom is 0.174 e. The van der Waals surface area contributed by atoms with Crippen molar-refractivity contribution < 1.29 is 0 Å². The van der Waals surface area contributed by atoms with Crippen molar-refractivity contribution in [2.24, 2.45) is 0 Å². The van der Waals surface area contributed by atoms with E-state index in [0.29, 0.717) is 0 Å². The quantitative estimate of drug-likeness (QED) is 0.601. The first-order valence-corrected chi connectivity index (χ1v) is 9.83. The molecule has 3 heterocycles. The van der Waals surface area contributed by atoms with Gasteiger partial charge in [0.2, 0.25) is 0 Å². The molecule has 0 radical (unpaired) electrons. The summed E-state index contributed by atoms with van der Waals surface area (Å²) in [5.74, 6) is 0. The highest BCUT2D eigenvalue weighted by atomic mass is 35.5. The molecule has 1 aliphatic rings. The third-order valence-corrected chi connectivity index (χ3v) is 6.29. The second-order valence-corrected chi connectivity index (χ2v) is 7.85. The minimum Gasteiger partial charge on any atom is -0.347 e. The Morgan fingerprint density at radius 1 is 1.20 bits per heavy atom. The molecule has 1 aromatic carbocycles. The van der Waals surface area contributed by atoms with E-state index in [-0.39, 0.29) is 6.04 Å². The molecule has 128 valence electrons. The Balaban J connectivity index is 1.66. The highest BCUT2D eigenvalue weighted by molar-refractivity contribution is 7.80. The van der Waals surface area contributed by atoms with Crippen LogP contribution < -0.4 is 5.32 Å². The van der Waals surface area contributed by atoms with E-state index in [1.807, 2.05) is 25.1 Å². The van der Waals surface area contributed by atoms with Crippen molar-refractivity contribution in [3.05, 3.63) is 75.2 Å². The van der Waals surface area contributed by atoms with E-state index in [1.165, 1.54) is 10.6 Å². The third-order valence-electron chi connectivity index (χ3n) is 4.62. The Hall–Kier alpha value is -1.82. The predicted molar refractivity (Wildman–Crippen MR) is 110 cm³/mol. The Bertz CT molecular complexity index is 901. The van der Waals surface area contributed by atoms with Gasteiger partial charge in [-0.2, -0.15) is 0 Å². The van der Waals surface area contributed by atoms with Crippen molar-refractivity contribution in [3.63, 3.8) is 0 Å². The van der Waals surface area contributed by atoms with Crippen molar-refractivity contribution in [2.75, 3.05) is 11.9 Å². The van der Waals surface area contributed by atoms with Crippen LogP contribution in [-0.4, -0.2) is 21.1 Å². The molecule has 2 aromatic heterocycles. The van der Waals surface area contributed by atoms with E-state index in [2.05, 4.69) is 50.6 Å². The van der Waals surface area contributed by atoms with Crippen molar-refractivity contribution in [3.8, 4) is 0 Å². The highest BCUT2D eigenvalue weighted by Gasteiger charge is 2.31.